The van der Waals surface area contributed by atoms with Crippen LogP contribution < -0.4 is 5.32 Å². The summed E-state index contributed by atoms with van der Waals surface area (Å²) in [5, 5.41) is 3.17. The number of amides is 1. The highest BCUT2D eigenvalue weighted by atomic mass is 79.9. The number of alkyl halides is 1. The quantitative estimate of drug-likeness (QED) is 0.529. The minimum atomic E-state index is -0.0151. The molecule has 1 N–H and O–H groups in total. The zero-order valence-electron chi connectivity index (χ0n) is 13.5. The van der Waals surface area contributed by atoms with E-state index in [1.54, 1.807) is 0 Å². The number of hydrogen-bond donors (Lipinski definition) is 1. The van der Waals surface area contributed by atoms with Gasteiger partial charge in [0.2, 0.25) is 5.91 Å². The van der Waals surface area contributed by atoms with E-state index in [0.717, 1.165) is 12.1 Å². The summed E-state index contributed by atoms with van der Waals surface area (Å²) in [6, 6.07) is 8.19. The maximum atomic E-state index is 11.3. The monoisotopic (exact) mass is 355 g/mol. The van der Waals surface area contributed by atoms with Crippen molar-refractivity contribution in [1.82, 2.24) is 0 Å². The van der Waals surface area contributed by atoms with Crippen molar-refractivity contribution in [3.63, 3.8) is 0 Å². The highest BCUT2D eigenvalue weighted by molar-refractivity contribution is 9.09. The SMILES string of the molecule is CC[N+](CC)(CC)CCCc1ccc(NC(=O)CBr)cc1. The first-order valence-electron chi connectivity index (χ1n) is 7.89. The Bertz CT molecular complexity index is 419. The molecular formula is C17H28BrN2O+. The van der Waals surface area contributed by atoms with Crippen LogP contribution in [0.5, 0.6) is 0 Å². The van der Waals surface area contributed by atoms with Crippen LogP contribution in [0.25, 0.3) is 0 Å². The average Bonchev–Trinajstić information content (AvgIpc) is 2.53. The van der Waals surface area contributed by atoms with Gasteiger partial charge in [0.05, 0.1) is 31.5 Å². The Hall–Kier alpha value is -0.870. The van der Waals surface area contributed by atoms with E-state index >= 15 is 0 Å². The summed E-state index contributed by atoms with van der Waals surface area (Å²) >= 11 is 3.15. The molecule has 0 aliphatic heterocycles. The molecule has 0 atom stereocenters. The van der Waals surface area contributed by atoms with Crippen molar-refractivity contribution in [2.75, 3.05) is 36.8 Å². The second-order valence-corrected chi connectivity index (χ2v) is 6.06. The van der Waals surface area contributed by atoms with Crippen molar-refractivity contribution >= 4 is 27.5 Å². The Morgan fingerprint density at radius 1 is 1.10 bits per heavy atom. The van der Waals surface area contributed by atoms with Crippen LogP contribution in [-0.2, 0) is 11.2 Å². The van der Waals surface area contributed by atoms with Gasteiger partial charge < -0.3 is 9.80 Å². The van der Waals surface area contributed by atoms with Gasteiger partial charge in [-0.15, -0.1) is 0 Å². The lowest BCUT2D eigenvalue weighted by molar-refractivity contribution is -0.923. The summed E-state index contributed by atoms with van der Waals surface area (Å²) in [6.07, 6.45) is 2.31. The number of carbonyl (C=O) groups excluding carboxylic acids is 1. The first kappa shape index (κ1) is 18.2. The molecule has 0 fully saturated rings. The third-order valence-electron chi connectivity index (χ3n) is 4.47. The molecule has 1 aromatic carbocycles. The highest BCUT2D eigenvalue weighted by Gasteiger charge is 2.19. The molecule has 1 amide bonds. The molecule has 0 spiro atoms. The van der Waals surface area contributed by atoms with E-state index in [-0.39, 0.29) is 5.91 Å². The number of aryl methyl sites for hydroxylation is 1. The van der Waals surface area contributed by atoms with Crippen LogP contribution in [0.4, 0.5) is 5.69 Å². The number of nitrogens with one attached hydrogen (secondary N) is 1. The van der Waals surface area contributed by atoms with E-state index < -0.39 is 0 Å². The second-order valence-electron chi connectivity index (χ2n) is 5.50. The number of nitrogens with zero attached hydrogens (tertiary/aromatic N) is 1. The first-order valence-corrected chi connectivity index (χ1v) is 9.01. The van der Waals surface area contributed by atoms with Gasteiger partial charge in [0.1, 0.15) is 0 Å². The van der Waals surface area contributed by atoms with Crippen LogP contribution in [0, 0.1) is 0 Å². The van der Waals surface area contributed by atoms with Gasteiger partial charge >= 0.3 is 0 Å². The van der Waals surface area contributed by atoms with E-state index in [9.17, 15) is 4.79 Å². The fourth-order valence-electron chi connectivity index (χ4n) is 2.71. The normalized spacial score (nSPS) is 11.4. The standard InChI is InChI=1S/C17H27BrN2O/c1-4-20(5-2,6-3)13-7-8-15-9-11-16(12-10-15)19-17(21)14-18/h9-12H,4-8,13-14H2,1-3H3/p+1. The van der Waals surface area contributed by atoms with Gasteiger partial charge in [-0.2, -0.15) is 0 Å². The topological polar surface area (TPSA) is 29.1 Å². The summed E-state index contributed by atoms with van der Waals surface area (Å²) in [5.74, 6) is -0.0151. The Morgan fingerprint density at radius 3 is 2.14 bits per heavy atom. The molecule has 4 heteroatoms. The van der Waals surface area contributed by atoms with Gasteiger partial charge in [-0.05, 0) is 44.9 Å². The number of quaternary nitrogens is 1. The fraction of sp³-hybridized carbons (Fsp3) is 0.588. The molecule has 0 unspecified atom stereocenters. The number of rotatable bonds is 9. The average molecular weight is 356 g/mol. The minimum absolute atomic E-state index is 0.0151. The van der Waals surface area contributed by atoms with E-state index in [2.05, 4.69) is 54.2 Å². The Balaban J connectivity index is 2.47. The van der Waals surface area contributed by atoms with Gasteiger partial charge in [-0.3, -0.25) is 4.79 Å². The molecule has 0 aliphatic carbocycles. The van der Waals surface area contributed by atoms with Crippen LogP contribution in [0.2, 0.25) is 0 Å². The Kier molecular flexibility index (Phi) is 7.97. The maximum Gasteiger partial charge on any atom is 0.235 e. The summed E-state index contributed by atoms with van der Waals surface area (Å²) in [6.45, 7) is 11.7. The first-order chi connectivity index (χ1) is 10.1. The third kappa shape index (κ3) is 5.79. The molecular weight excluding hydrogens is 328 g/mol. The molecule has 21 heavy (non-hydrogen) atoms. The number of halogens is 1. The molecule has 0 saturated heterocycles. The maximum absolute atomic E-state index is 11.3. The molecule has 3 nitrogen and oxygen atoms in total. The van der Waals surface area contributed by atoms with Crippen molar-refractivity contribution in [2.45, 2.75) is 33.6 Å². The molecule has 1 aromatic rings. The van der Waals surface area contributed by atoms with Crippen LogP contribution >= 0.6 is 15.9 Å². The molecule has 0 aromatic heterocycles. The van der Waals surface area contributed by atoms with E-state index in [4.69, 9.17) is 0 Å². The van der Waals surface area contributed by atoms with Crippen molar-refractivity contribution < 1.29 is 9.28 Å². The van der Waals surface area contributed by atoms with E-state index in [0.29, 0.717) is 5.33 Å². The number of hydrogen-bond acceptors (Lipinski definition) is 1. The van der Waals surface area contributed by atoms with Gasteiger partial charge in [-0.1, -0.05) is 28.1 Å². The molecule has 0 heterocycles. The van der Waals surface area contributed by atoms with Gasteiger partial charge in [0, 0.05) is 12.1 Å². The van der Waals surface area contributed by atoms with Crippen LogP contribution in [0.1, 0.15) is 32.8 Å². The molecule has 0 aliphatic rings. The summed E-state index contributed by atoms with van der Waals surface area (Å²) in [7, 11) is 0. The highest BCUT2D eigenvalue weighted by Crippen LogP contribution is 2.13. The molecule has 1 rings (SSSR count). The molecule has 0 bridgehead atoms. The summed E-state index contributed by atoms with van der Waals surface area (Å²) in [4.78, 5) is 11.3. The van der Waals surface area contributed by atoms with Crippen LogP contribution in [0.15, 0.2) is 24.3 Å². The van der Waals surface area contributed by atoms with E-state index in [1.165, 1.54) is 42.6 Å². The number of carbonyl (C=O) groups is 1. The lowest BCUT2D eigenvalue weighted by Crippen LogP contribution is -2.48. The smallest absolute Gasteiger partial charge is 0.235 e. The third-order valence-corrected chi connectivity index (χ3v) is 4.98. The molecule has 0 radical (unpaired) electrons. The zero-order chi connectivity index (χ0) is 15.7. The molecule has 118 valence electrons. The second kappa shape index (κ2) is 9.21. The minimum Gasteiger partial charge on any atom is -0.325 e. The lowest BCUT2D eigenvalue weighted by atomic mass is 10.1. The summed E-state index contributed by atoms with van der Waals surface area (Å²) < 4.78 is 1.21. The van der Waals surface area contributed by atoms with Gasteiger partial charge in [0.15, 0.2) is 0 Å². The summed E-state index contributed by atoms with van der Waals surface area (Å²) in [5.41, 5.74) is 2.21. The lowest BCUT2D eigenvalue weighted by Gasteiger charge is -2.35. The van der Waals surface area contributed by atoms with Crippen LogP contribution in [-0.4, -0.2) is 41.9 Å². The Morgan fingerprint density at radius 2 is 1.67 bits per heavy atom. The van der Waals surface area contributed by atoms with Crippen molar-refractivity contribution in [3.8, 4) is 0 Å². The Labute approximate surface area is 137 Å². The van der Waals surface area contributed by atoms with Crippen molar-refractivity contribution in [1.29, 1.82) is 0 Å². The van der Waals surface area contributed by atoms with Crippen molar-refractivity contribution in [2.24, 2.45) is 0 Å². The number of benzene rings is 1. The van der Waals surface area contributed by atoms with Gasteiger partial charge in [-0.25, -0.2) is 0 Å². The predicted octanol–water partition coefficient (Wildman–Crippen LogP) is 3.83. The largest absolute Gasteiger partial charge is 0.325 e. The fourth-order valence-corrected chi connectivity index (χ4v) is 2.85. The zero-order valence-corrected chi connectivity index (χ0v) is 15.1. The van der Waals surface area contributed by atoms with Gasteiger partial charge in [0.25, 0.3) is 0 Å². The van der Waals surface area contributed by atoms with E-state index in [1.807, 2.05) is 12.1 Å². The van der Waals surface area contributed by atoms with Crippen LogP contribution in [0.3, 0.4) is 0 Å². The predicted molar refractivity (Wildman–Crippen MR) is 93.9 cm³/mol. The number of anilines is 1. The molecule has 0 saturated carbocycles. The van der Waals surface area contributed by atoms with Crippen molar-refractivity contribution in [3.05, 3.63) is 29.8 Å².